The van der Waals surface area contributed by atoms with Crippen molar-refractivity contribution in [2.45, 2.75) is 78.3 Å². The van der Waals surface area contributed by atoms with Crippen LogP contribution in [0.5, 0.6) is 0 Å². The molecule has 1 fully saturated rings. The normalized spacial score (nSPS) is 14.4. The first-order valence-corrected chi connectivity index (χ1v) is 7.88. The van der Waals surface area contributed by atoms with Crippen LogP contribution in [-0.2, 0) is 4.74 Å². The second kappa shape index (κ2) is 19.1. The topological polar surface area (TPSA) is 37.4 Å². The van der Waals surface area contributed by atoms with Gasteiger partial charge in [-0.3, -0.25) is 6.67 Å². The van der Waals surface area contributed by atoms with Crippen LogP contribution >= 0.6 is 0 Å². The first-order chi connectivity index (χ1) is 9.06. The van der Waals surface area contributed by atoms with Gasteiger partial charge in [-0.15, -0.1) is 12.1 Å². The molecule has 0 spiro atoms. The van der Waals surface area contributed by atoms with E-state index in [0.717, 1.165) is 12.5 Å². The van der Waals surface area contributed by atoms with E-state index >= 15 is 0 Å². The van der Waals surface area contributed by atoms with Gasteiger partial charge in [-0.25, -0.2) is 0 Å². The van der Waals surface area contributed by atoms with Crippen molar-refractivity contribution in [3.05, 3.63) is 18.1 Å². The van der Waals surface area contributed by atoms with E-state index in [1.165, 1.54) is 38.5 Å². The Balaban J connectivity index is -0.000000284. The summed E-state index contributed by atoms with van der Waals surface area (Å²) in [4.78, 5) is 0. The van der Waals surface area contributed by atoms with E-state index in [0.29, 0.717) is 18.8 Å². The summed E-state index contributed by atoms with van der Waals surface area (Å²) < 4.78 is 5.00. The number of ether oxygens (including phenoxy) is 1. The predicted octanol–water partition coefficient (Wildman–Crippen LogP) is 5.56. The van der Waals surface area contributed by atoms with Crippen LogP contribution in [0.1, 0.15) is 66.2 Å². The molecular weight excluding hydrogens is 387 g/mol. The van der Waals surface area contributed by atoms with Gasteiger partial charge < -0.3 is 22.8 Å². The van der Waals surface area contributed by atoms with Crippen LogP contribution in [0.15, 0.2) is 0 Å². The minimum absolute atomic E-state index is 0. The van der Waals surface area contributed by atoms with E-state index in [1.807, 2.05) is 0 Å². The summed E-state index contributed by atoms with van der Waals surface area (Å²) in [5.41, 5.74) is 0. The molecule has 0 unspecified atom stereocenters. The summed E-state index contributed by atoms with van der Waals surface area (Å²) in [5, 5.41) is 8.40. The monoisotopic (exact) mass is 424 g/mol. The first-order valence-electron chi connectivity index (χ1n) is 7.88. The van der Waals surface area contributed by atoms with Gasteiger partial charge in [0.05, 0.1) is 0 Å². The van der Waals surface area contributed by atoms with Crippen molar-refractivity contribution < 1.29 is 40.3 Å². The second-order valence-electron chi connectivity index (χ2n) is 5.98. The van der Waals surface area contributed by atoms with Gasteiger partial charge in [-0.05, 0) is 18.8 Å². The molecule has 0 saturated heterocycles. The Morgan fingerprint density at radius 1 is 1.00 bits per heavy atom. The quantitative estimate of drug-likeness (QED) is 0.371. The van der Waals surface area contributed by atoms with Crippen LogP contribution < -0.4 is 0 Å². The Morgan fingerprint density at radius 3 is 1.86 bits per heavy atom. The molecule has 0 aliphatic heterocycles. The van der Waals surface area contributed by atoms with Gasteiger partial charge in [-0.2, -0.15) is 0 Å². The van der Waals surface area contributed by atoms with Gasteiger partial charge in [0.15, 0.2) is 0 Å². The van der Waals surface area contributed by atoms with Gasteiger partial charge in [0.1, 0.15) is 0 Å². The van der Waals surface area contributed by atoms with E-state index < -0.39 is 0 Å². The van der Waals surface area contributed by atoms with Gasteiger partial charge in [-0.1, -0.05) is 53.4 Å². The smallest absolute Gasteiger partial charge is 0.678 e. The van der Waals surface area contributed by atoms with Crippen LogP contribution in [0, 0.1) is 48.9 Å². The van der Waals surface area contributed by atoms with E-state index in [9.17, 15) is 0 Å². The molecular formula is C17H37LaN2O. The molecule has 0 aromatic heterocycles. The minimum atomic E-state index is 0. The molecule has 0 heterocycles. The summed E-state index contributed by atoms with van der Waals surface area (Å²) in [5.74, 6) is 1.04. The molecule has 0 radical (unpaired) electrons. The van der Waals surface area contributed by atoms with Gasteiger partial charge in [0.25, 0.3) is 0 Å². The van der Waals surface area contributed by atoms with E-state index in [2.05, 4.69) is 38.3 Å². The summed E-state index contributed by atoms with van der Waals surface area (Å²) >= 11 is 0. The molecule has 0 atom stereocenters. The SMILES string of the molecule is CC(C)[N-]C[N-]C(C)C.COCCCC1CCCC1.[CH3-].[La+3]. The van der Waals surface area contributed by atoms with E-state index in [1.54, 1.807) is 7.11 Å². The first kappa shape index (κ1) is 26.9. The molecule has 1 saturated carbocycles. The van der Waals surface area contributed by atoms with Crippen molar-refractivity contribution >= 4 is 0 Å². The van der Waals surface area contributed by atoms with Crippen LogP contribution in [-0.4, -0.2) is 32.5 Å². The average Bonchev–Trinajstić information content (AvgIpc) is 2.82. The van der Waals surface area contributed by atoms with Crippen molar-refractivity contribution in [2.75, 3.05) is 20.4 Å². The summed E-state index contributed by atoms with van der Waals surface area (Å²) in [6.07, 6.45) is 8.55. The fourth-order valence-corrected chi connectivity index (χ4v) is 2.19. The zero-order valence-corrected chi connectivity index (χ0v) is 18.9. The molecule has 0 N–H and O–H groups in total. The molecule has 0 aromatic carbocycles. The van der Waals surface area contributed by atoms with Crippen molar-refractivity contribution in [1.82, 2.24) is 0 Å². The van der Waals surface area contributed by atoms with Gasteiger partial charge in [0.2, 0.25) is 0 Å². The molecule has 0 aromatic rings. The number of hydrogen-bond donors (Lipinski definition) is 0. The van der Waals surface area contributed by atoms with Crippen LogP contribution in [0.4, 0.5) is 0 Å². The molecule has 1 rings (SSSR count). The zero-order chi connectivity index (χ0) is 14.5. The molecule has 0 amide bonds. The fraction of sp³-hybridized carbons (Fsp3) is 0.941. The van der Waals surface area contributed by atoms with Gasteiger partial charge >= 0.3 is 35.6 Å². The van der Waals surface area contributed by atoms with Crippen LogP contribution in [0.3, 0.4) is 0 Å². The van der Waals surface area contributed by atoms with E-state index in [-0.39, 0.29) is 43.0 Å². The van der Waals surface area contributed by atoms with E-state index in [4.69, 9.17) is 4.74 Å². The Kier molecular flexibility index (Phi) is 24.5. The number of nitrogens with zero attached hydrogens (tertiary/aromatic N) is 2. The molecule has 21 heavy (non-hydrogen) atoms. The maximum absolute atomic E-state index is 5.00. The molecule has 1 aliphatic carbocycles. The molecule has 0 bridgehead atoms. The predicted molar refractivity (Wildman–Crippen MR) is 91.3 cm³/mol. The van der Waals surface area contributed by atoms with Crippen molar-refractivity contribution in [3.63, 3.8) is 0 Å². The van der Waals surface area contributed by atoms with Crippen LogP contribution in [0.25, 0.3) is 10.6 Å². The number of rotatable bonds is 8. The summed E-state index contributed by atoms with van der Waals surface area (Å²) in [6, 6.07) is 0.847. The van der Waals surface area contributed by atoms with Crippen molar-refractivity contribution in [2.24, 2.45) is 5.92 Å². The average molecular weight is 424 g/mol. The molecule has 4 heteroatoms. The number of hydrogen-bond acceptors (Lipinski definition) is 1. The number of methoxy groups -OCH3 is 1. The van der Waals surface area contributed by atoms with Crippen molar-refractivity contribution in [3.8, 4) is 0 Å². The molecule has 124 valence electrons. The standard InChI is InChI=1S/C9H18O.C7H16N2.CH3.La/c1-10-8-4-7-9-5-2-3-6-9;1-6(2)8-5-9-7(3)4;;/h9H,2-8H2,1H3;6-7H,5H2,1-4H3;1H3;/q;-2;-1;+3. The van der Waals surface area contributed by atoms with Gasteiger partial charge in [0, 0.05) is 13.7 Å². The van der Waals surface area contributed by atoms with Crippen LogP contribution in [0.2, 0.25) is 0 Å². The maximum atomic E-state index is 5.00. The van der Waals surface area contributed by atoms with Crippen molar-refractivity contribution in [1.29, 1.82) is 0 Å². The Bertz CT molecular complexity index is 176. The zero-order valence-electron chi connectivity index (χ0n) is 15.3. The third-order valence-corrected chi connectivity index (χ3v) is 3.33. The minimum Gasteiger partial charge on any atom is -0.678 e. The maximum Gasteiger partial charge on any atom is 3.00 e. The Morgan fingerprint density at radius 2 is 1.48 bits per heavy atom. The summed E-state index contributed by atoms with van der Waals surface area (Å²) in [6.45, 7) is 9.88. The second-order valence-corrected chi connectivity index (χ2v) is 5.98. The Hall–Kier alpha value is 1.07. The third kappa shape index (κ3) is 21.1. The largest absolute Gasteiger partial charge is 3.00 e. The third-order valence-electron chi connectivity index (χ3n) is 3.33. The fourth-order valence-electron chi connectivity index (χ4n) is 2.19. The summed E-state index contributed by atoms with van der Waals surface area (Å²) in [7, 11) is 1.79. The molecule has 1 aliphatic rings. The molecule has 3 nitrogen and oxygen atoms in total. The Labute approximate surface area is 162 Å².